The highest BCUT2D eigenvalue weighted by molar-refractivity contribution is 6.01. The second-order valence-electron chi connectivity index (χ2n) is 3.76. The number of hydrogen-bond donors (Lipinski definition) is 0. The molecule has 0 fully saturated rings. The zero-order valence-corrected chi connectivity index (χ0v) is 9.23. The molecular weight excluding hydrogens is 184 g/mol. The van der Waals surface area contributed by atoms with Crippen molar-refractivity contribution in [3.63, 3.8) is 0 Å². The Morgan fingerprint density at radius 1 is 1.27 bits per heavy atom. The van der Waals surface area contributed by atoms with Gasteiger partial charge in [0.05, 0.1) is 0 Å². The fraction of sp³-hybridized carbons (Fsp3) is 0.214. The highest BCUT2D eigenvalue weighted by atomic mass is 16.1. The van der Waals surface area contributed by atoms with E-state index in [0.717, 1.165) is 5.56 Å². The molecule has 0 aliphatic carbocycles. The van der Waals surface area contributed by atoms with Crippen LogP contribution in [0.4, 0.5) is 0 Å². The predicted octanol–water partition coefficient (Wildman–Crippen LogP) is 3.58. The van der Waals surface area contributed by atoms with E-state index >= 15 is 0 Å². The molecule has 1 rings (SSSR count). The first-order valence-corrected chi connectivity index (χ1v) is 5.08. The molecule has 0 radical (unpaired) electrons. The SMILES string of the molecule is C=CC(=O)C=Cc1ccc(C(C)C)cc1. The number of hydrogen-bond acceptors (Lipinski definition) is 1. The second-order valence-corrected chi connectivity index (χ2v) is 3.76. The minimum absolute atomic E-state index is 0.0667. The van der Waals surface area contributed by atoms with Gasteiger partial charge in [-0.05, 0) is 29.2 Å². The zero-order valence-electron chi connectivity index (χ0n) is 9.23. The summed E-state index contributed by atoms with van der Waals surface area (Å²) < 4.78 is 0. The summed E-state index contributed by atoms with van der Waals surface area (Å²) in [5, 5.41) is 0. The molecule has 0 unspecified atom stereocenters. The van der Waals surface area contributed by atoms with Gasteiger partial charge in [0, 0.05) is 0 Å². The lowest BCUT2D eigenvalue weighted by Crippen LogP contribution is -1.87. The van der Waals surface area contributed by atoms with Crippen molar-refractivity contribution in [2.45, 2.75) is 19.8 Å². The molecule has 0 saturated carbocycles. The van der Waals surface area contributed by atoms with Crippen LogP contribution in [-0.2, 0) is 4.79 Å². The Kier molecular flexibility index (Phi) is 4.04. The van der Waals surface area contributed by atoms with Gasteiger partial charge in [-0.25, -0.2) is 0 Å². The largest absolute Gasteiger partial charge is 0.290 e. The summed E-state index contributed by atoms with van der Waals surface area (Å²) >= 11 is 0. The molecule has 0 N–H and O–H groups in total. The Balaban J connectivity index is 2.76. The predicted molar refractivity (Wildman–Crippen MR) is 64.8 cm³/mol. The molecule has 1 nitrogen and oxygen atoms in total. The molecule has 0 atom stereocenters. The van der Waals surface area contributed by atoms with Crippen molar-refractivity contribution < 1.29 is 4.79 Å². The van der Waals surface area contributed by atoms with Gasteiger partial charge in [0.1, 0.15) is 0 Å². The molecule has 0 heterocycles. The van der Waals surface area contributed by atoms with E-state index in [4.69, 9.17) is 0 Å². The van der Waals surface area contributed by atoms with Crippen molar-refractivity contribution in [3.05, 3.63) is 54.1 Å². The molecule has 0 aromatic heterocycles. The van der Waals surface area contributed by atoms with Gasteiger partial charge in [-0.1, -0.05) is 50.8 Å². The highest BCUT2D eigenvalue weighted by Crippen LogP contribution is 2.15. The first kappa shape index (κ1) is 11.4. The minimum Gasteiger partial charge on any atom is -0.290 e. The van der Waals surface area contributed by atoms with Crippen LogP contribution in [0.2, 0.25) is 0 Å². The van der Waals surface area contributed by atoms with Gasteiger partial charge in [-0.2, -0.15) is 0 Å². The van der Waals surface area contributed by atoms with Gasteiger partial charge < -0.3 is 0 Å². The van der Waals surface area contributed by atoms with Crippen molar-refractivity contribution in [2.75, 3.05) is 0 Å². The maximum absolute atomic E-state index is 11.0. The number of ketones is 1. The number of allylic oxidation sites excluding steroid dienone is 2. The average Bonchev–Trinajstić information content (AvgIpc) is 2.26. The minimum atomic E-state index is -0.0667. The van der Waals surface area contributed by atoms with Crippen LogP contribution in [0.3, 0.4) is 0 Å². The molecule has 0 bridgehead atoms. The van der Waals surface area contributed by atoms with Crippen molar-refractivity contribution in [3.8, 4) is 0 Å². The fourth-order valence-corrected chi connectivity index (χ4v) is 1.24. The Morgan fingerprint density at radius 3 is 2.33 bits per heavy atom. The normalized spacial score (nSPS) is 10.9. The molecule has 0 aliphatic heterocycles. The third-order valence-corrected chi connectivity index (χ3v) is 2.24. The van der Waals surface area contributed by atoms with E-state index in [0.29, 0.717) is 5.92 Å². The maximum Gasteiger partial charge on any atom is 0.178 e. The molecule has 0 amide bonds. The van der Waals surface area contributed by atoms with Gasteiger partial charge in [0.25, 0.3) is 0 Å². The van der Waals surface area contributed by atoms with E-state index in [2.05, 4.69) is 32.6 Å². The topological polar surface area (TPSA) is 17.1 Å². The monoisotopic (exact) mass is 200 g/mol. The fourth-order valence-electron chi connectivity index (χ4n) is 1.24. The molecule has 1 aromatic carbocycles. The molecular formula is C14H16O. The van der Waals surface area contributed by atoms with Gasteiger partial charge in [0.2, 0.25) is 0 Å². The number of benzene rings is 1. The van der Waals surface area contributed by atoms with Crippen LogP contribution in [0.15, 0.2) is 43.0 Å². The van der Waals surface area contributed by atoms with E-state index in [9.17, 15) is 4.79 Å². The molecule has 0 spiro atoms. The zero-order chi connectivity index (χ0) is 11.3. The third kappa shape index (κ3) is 3.55. The molecule has 1 aromatic rings. The van der Waals surface area contributed by atoms with Crippen LogP contribution in [0.1, 0.15) is 30.9 Å². The third-order valence-electron chi connectivity index (χ3n) is 2.24. The van der Waals surface area contributed by atoms with Crippen LogP contribution in [0.5, 0.6) is 0 Å². The first-order chi connectivity index (χ1) is 7.13. The molecule has 15 heavy (non-hydrogen) atoms. The van der Waals surface area contributed by atoms with Gasteiger partial charge >= 0.3 is 0 Å². The lowest BCUT2D eigenvalue weighted by atomic mass is 10.0. The van der Waals surface area contributed by atoms with E-state index in [1.54, 1.807) is 6.08 Å². The van der Waals surface area contributed by atoms with E-state index in [-0.39, 0.29) is 5.78 Å². The average molecular weight is 200 g/mol. The summed E-state index contributed by atoms with van der Waals surface area (Å²) in [6, 6.07) is 8.20. The van der Waals surface area contributed by atoms with Gasteiger partial charge in [0.15, 0.2) is 5.78 Å². The summed E-state index contributed by atoms with van der Waals surface area (Å²) in [6.07, 6.45) is 4.63. The van der Waals surface area contributed by atoms with Crippen molar-refractivity contribution in [2.24, 2.45) is 0 Å². The van der Waals surface area contributed by atoms with Crippen molar-refractivity contribution in [1.82, 2.24) is 0 Å². The van der Waals surface area contributed by atoms with Crippen LogP contribution >= 0.6 is 0 Å². The summed E-state index contributed by atoms with van der Waals surface area (Å²) in [7, 11) is 0. The standard InChI is InChI=1S/C14H16O/c1-4-14(15)10-7-12-5-8-13(9-6-12)11(2)3/h4-11H,1H2,2-3H3. The van der Waals surface area contributed by atoms with Crippen LogP contribution < -0.4 is 0 Å². The van der Waals surface area contributed by atoms with Crippen LogP contribution in [0.25, 0.3) is 6.08 Å². The Labute approximate surface area is 91.1 Å². The summed E-state index contributed by atoms with van der Waals surface area (Å²) in [5.74, 6) is 0.473. The quantitative estimate of drug-likeness (QED) is 0.679. The lowest BCUT2D eigenvalue weighted by molar-refractivity contribution is -0.110. The highest BCUT2D eigenvalue weighted by Gasteiger charge is 1.97. The van der Waals surface area contributed by atoms with Crippen LogP contribution in [0, 0.1) is 0 Å². The lowest BCUT2D eigenvalue weighted by Gasteiger charge is -2.04. The van der Waals surface area contributed by atoms with Crippen LogP contribution in [-0.4, -0.2) is 5.78 Å². The number of carbonyl (C=O) groups is 1. The van der Waals surface area contributed by atoms with E-state index in [1.165, 1.54) is 17.7 Å². The molecule has 0 saturated heterocycles. The molecule has 1 heteroatoms. The van der Waals surface area contributed by atoms with Gasteiger partial charge in [-0.15, -0.1) is 0 Å². The molecule has 0 aliphatic rings. The Bertz CT molecular complexity index is 369. The number of carbonyl (C=O) groups excluding carboxylic acids is 1. The maximum atomic E-state index is 11.0. The summed E-state index contributed by atoms with van der Waals surface area (Å²) in [5.41, 5.74) is 2.34. The smallest absolute Gasteiger partial charge is 0.178 e. The van der Waals surface area contributed by atoms with E-state index in [1.807, 2.05) is 12.1 Å². The Morgan fingerprint density at radius 2 is 1.87 bits per heavy atom. The summed E-state index contributed by atoms with van der Waals surface area (Å²) in [6.45, 7) is 7.73. The summed E-state index contributed by atoms with van der Waals surface area (Å²) in [4.78, 5) is 11.0. The van der Waals surface area contributed by atoms with Gasteiger partial charge in [-0.3, -0.25) is 4.79 Å². The van der Waals surface area contributed by atoms with E-state index < -0.39 is 0 Å². The van der Waals surface area contributed by atoms with Crippen molar-refractivity contribution >= 4 is 11.9 Å². The number of rotatable bonds is 4. The second kappa shape index (κ2) is 5.30. The Hall–Kier alpha value is -1.63. The first-order valence-electron chi connectivity index (χ1n) is 5.08. The van der Waals surface area contributed by atoms with Crippen molar-refractivity contribution in [1.29, 1.82) is 0 Å². The molecule has 78 valence electrons.